The highest BCUT2D eigenvalue weighted by atomic mass is 32.2. The molecule has 2 N–H and O–H groups in total. The lowest BCUT2D eigenvalue weighted by molar-refractivity contribution is 0.0114. The number of furan rings is 1. The standard InChI is InChI=1S/C35H39FN2O9S/c1-37-34(39)32-30-20-29(23-7-8-23)26(19-31(30)47-33(32)24-9-11-27(36)12-10-24)22-48(41,42)38-13-14-44-15-16-45-17-18-46-21-25-5-3-4-6-28(25)35(40)43-2/h3-6,9-12,19-20,23,38H,7-8,13-18,21-22H2,1-2H3,(H,37,39). The summed E-state index contributed by atoms with van der Waals surface area (Å²) in [6.07, 6.45) is 1.85. The molecule has 1 fully saturated rings. The number of benzene rings is 3. The van der Waals surface area contributed by atoms with Crippen molar-refractivity contribution in [3.63, 3.8) is 0 Å². The molecule has 11 nitrogen and oxygen atoms in total. The first-order valence-electron chi connectivity index (χ1n) is 15.6. The van der Waals surface area contributed by atoms with Gasteiger partial charge in [0.25, 0.3) is 5.91 Å². The summed E-state index contributed by atoms with van der Waals surface area (Å²) in [5.41, 5.74) is 3.89. The summed E-state index contributed by atoms with van der Waals surface area (Å²) in [5, 5.41) is 3.23. The number of amides is 1. The van der Waals surface area contributed by atoms with E-state index in [0.717, 1.165) is 24.0 Å². The average molecular weight is 683 g/mol. The predicted molar refractivity (Wildman–Crippen MR) is 177 cm³/mol. The molecule has 0 saturated heterocycles. The summed E-state index contributed by atoms with van der Waals surface area (Å²) in [5.74, 6) is -0.952. The lowest BCUT2D eigenvalue weighted by Gasteiger charge is -2.12. The smallest absolute Gasteiger partial charge is 0.338 e. The van der Waals surface area contributed by atoms with Gasteiger partial charge in [0, 0.05) is 24.5 Å². The monoisotopic (exact) mass is 682 g/mol. The molecule has 1 aromatic heterocycles. The van der Waals surface area contributed by atoms with E-state index in [0.29, 0.717) is 58.8 Å². The van der Waals surface area contributed by atoms with Crippen LogP contribution in [-0.4, -0.2) is 74.0 Å². The van der Waals surface area contributed by atoms with Crippen LogP contribution < -0.4 is 10.0 Å². The first-order valence-corrected chi connectivity index (χ1v) is 17.3. The number of esters is 1. The van der Waals surface area contributed by atoms with Crippen molar-refractivity contribution >= 4 is 32.9 Å². The van der Waals surface area contributed by atoms with Crippen LogP contribution in [0.25, 0.3) is 22.3 Å². The molecule has 5 rings (SSSR count). The third kappa shape index (κ3) is 9.05. The second-order valence-electron chi connectivity index (χ2n) is 11.3. The van der Waals surface area contributed by atoms with Crippen molar-refractivity contribution in [1.82, 2.24) is 10.0 Å². The summed E-state index contributed by atoms with van der Waals surface area (Å²) in [7, 11) is -0.868. The van der Waals surface area contributed by atoms with E-state index in [1.807, 2.05) is 12.1 Å². The predicted octanol–water partition coefficient (Wildman–Crippen LogP) is 4.93. The Morgan fingerprint density at radius 3 is 2.29 bits per heavy atom. The van der Waals surface area contributed by atoms with Gasteiger partial charge in [0.15, 0.2) is 0 Å². The van der Waals surface area contributed by atoms with Crippen LogP contribution in [0.2, 0.25) is 0 Å². The maximum absolute atomic E-state index is 13.6. The molecule has 4 aromatic rings. The quantitative estimate of drug-likeness (QED) is 0.110. The van der Waals surface area contributed by atoms with Gasteiger partial charge in [0.2, 0.25) is 10.0 Å². The molecule has 0 bridgehead atoms. The van der Waals surface area contributed by atoms with E-state index >= 15 is 0 Å². The molecule has 1 aliphatic rings. The van der Waals surface area contributed by atoms with E-state index in [2.05, 4.69) is 10.0 Å². The van der Waals surface area contributed by atoms with Crippen molar-refractivity contribution in [2.75, 3.05) is 53.7 Å². The van der Waals surface area contributed by atoms with Crippen molar-refractivity contribution in [3.05, 3.63) is 94.3 Å². The van der Waals surface area contributed by atoms with Gasteiger partial charge < -0.3 is 28.7 Å². The number of rotatable bonds is 18. The Labute approximate surface area is 278 Å². The van der Waals surface area contributed by atoms with Crippen LogP contribution in [0.3, 0.4) is 0 Å². The molecule has 1 heterocycles. The molecule has 0 spiro atoms. The molecule has 48 heavy (non-hydrogen) atoms. The highest BCUT2D eigenvalue weighted by Gasteiger charge is 2.31. The van der Waals surface area contributed by atoms with Gasteiger partial charge in [-0.05, 0) is 77.9 Å². The first kappa shape index (κ1) is 35.2. The Morgan fingerprint density at radius 2 is 1.60 bits per heavy atom. The van der Waals surface area contributed by atoms with E-state index in [9.17, 15) is 22.4 Å². The third-order valence-corrected chi connectivity index (χ3v) is 9.20. The number of carbonyl (C=O) groups excluding carboxylic acids is 2. The summed E-state index contributed by atoms with van der Waals surface area (Å²) in [6.45, 7) is 1.73. The van der Waals surface area contributed by atoms with E-state index in [4.69, 9.17) is 23.4 Å². The number of nitrogens with one attached hydrogen (secondary N) is 2. The number of hydrogen-bond acceptors (Lipinski definition) is 9. The van der Waals surface area contributed by atoms with Crippen LogP contribution in [0.15, 0.2) is 65.1 Å². The van der Waals surface area contributed by atoms with Gasteiger partial charge in [0.05, 0.1) is 63.6 Å². The zero-order chi connectivity index (χ0) is 34.1. The maximum atomic E-state index is 13.6. The Bertz CT molecular complexity index is 1840. The van der Waals surface area contributed by atoms with Gasteiger partial charge in [0.1, 0.15) is 17.2 Å². The van der Waals surface area contributed by atoms with Gasteiger partial charge in [-0.15, -0.1) is 0 Å². The van der Waals surface area contributed by atoms with Gasteiger partial charge in [-0.25, -0.2) is 22.3 Å². The second kappa shape index (κ2) is 16.3. The maximum Gasteiger partial charge on any atom is 0.338 e. The van der Waals surface area contributed by atoms with Gasteiger partial charge in [-0.3, -0.25) is 4.79 Å². The van der Waals surface area contributed by atoms with Gasteiger partial charge >= 0.3 is 5.97 Å². The molecule has 0 aliphatic heterocycles. The fourth-order valence-corrected chi connectivity index (χ4v) is 6.51. The molecule has 1 aliphatic carbocycles. The van der Waals surface area contributed by atoms with E-state index < -0.39 is 21.8 Å². The third-order valence-electron chi connectivity index (χ3n) is 7.87. The first-order chi connectivity index (χ1) is 23.2. The topological polar surface area (TPSA) is 142 Å². The van der Waals surface area contributed by atoms with E-state index in [1.54, 1.807) is 24.3 Å². The zero-order valence-corrected chi connectivity index (χ0v) is 27.7. The van der Waals surface area contributed by atoms with Crippen molar-refractivity contribution < 1.29 is 45.8 Å². The Morgan fingerprint density at radius 1 is 0.917 bits per heavy atom. The molecule has 1 amide bonds. The van der Waals surface area contributed by atoms with Crippen LogP contribution in [0.1, 0.15) is 56.2 Å². The molecule has 1 saturated carbocycles. The number of fused-ring (bicyclic) bond motifs is 1. The van der Waals surface area contributed by atoms with Crippen molar-refractivity contribution in [3.8, 4) is 11.3 Å². The molecule has 0 unspecified atom stereocenters. The van der Waals surface area contributed by atoms with Gasteiger partial charge in [-0.2, -0.15) is 0 Å². The van der Waals surface area contributed by atoms with Crippen molar-refractivity contribution in [1.29, 1.82) is 0 Å². The summed E-state index contributed by atoms with van der Waals surface area (Å²) >= 11 is 0. The molecular weight excluding hydrogens is 643 g/mol. The summed E-state index contributed by atoms with van der Waals surface area (Å²) < 4.78 is 69.8. The zero-order valence-electron chi connectivity index (χ0n) is 26.9. The Hall–Kier alpha value is -4.14. The largest absolute Gasteiger partial charge is 0.465 e. The van der Waals surface area contributed by atoms with Crippen LogP contribution >= 0.6 is 0 Å². The minimum absolute atomic E-state index is 0.0857. The minimum atomic E-state index is -3.72. The summed E-state index contributed by atoms with van der Waals surface area (Å²) in [4.78, 5) is 24.8. The molecular formula is C35H39FN2O9S. The molecule has 256 valence electrons. The highest BCUT2D eigenvalue weighted by Crippen LogP contribution is 2.45. The highest BCUT2D eigenvalue weighted by molar-refractivity contribution is 7.88. The molecule has 0 atom stereocenters. The van der Waals surface area contributed by atoms with E-state index in [1.165, 1.54) is 38.4 Å². The second-order valence-corrected chi connectivity index (χ2v) is 13.1. The normalized spacial score (nSPS) is 13.1. The number of halogens is 1. The van der Waals surface area contributed by atoms with Crippen LogP contribution in [0.5, 0.6) is 0 Å². The lowest BCUT2D eigenvalue weighted by Crippen LogP contribution is -2.29. The van der Waals surface area contributed by atoms with Crippen LogP contribution in [0.4, 0.5) is 4.39 Å². The fraction of sp³-hybridized carbons (Fsp3) is 0.371. The van der Waals surface area contributed by atoms with Crippen molar-refractivity contribution in [2.24, 2.45) is 0 Å². The van der Waals surface area contributed by atoms with Crippen molar-refractivity contribution in [2.45, 2.75) is 31.1 Å². The lowest BCUT2D eigenvalue weighted by atomic mass is 9.98. The van der Waals surface area contributed by atoms with E-state index in [-0.39, 0.29) is 43.9 Å². The SMILES string of the molecule is CNC(=O)c1c(-c2ccc(F)cc2)oc2cc(CS(=O)(=O)NCCOCCOCCOCc3ccccc3C(=O)OC)c(C3CC3)cc12. The summed E-state index contributed by atoms with van der Waals surface area (Å²) in [6, 6.07) is 16.3. The molecule has 13 heteroatoms. The number of ether oxygens (including phenoxy) is 4. The van der Waals surface area contributed by atoms with Gasteiger partial charge in [-0.1, -0.05) is 18.2 Å². The molecule has 0 radical (unpaired) electrons. The van der Waals surface area contributed by atoms with Crippen LogP contribution in [-0.2, 0) is 41.3 Å². The number of methoxy groups -OCH3 is 1. The number of sulfonamides is 1. The Kier molecular flexibility index (Phi) is 12.0. The fourth-order valence-electron chi connectivity index (χ4n) is 5.36. The Balaban J connectivity index is 1.09. The minimum Gasteiger partial charge on any atom is -0.465 e. The average Bonchev–Trinajstić information content (AvgIpc) is 3.86. The van der Waals surface area contributed by atoms with Crippen LogP contribution in [0, 0.1) is 5.82 Å². The molecule has 3 aromatic carbocycles. The number of hydrogen-bond donors (Lipinski definition) is 2. The number of carbonyl (C=O) groups is 2.